The summed E-state index contributed by atoms with van der Waals surface area (Å²) in [5, 5.41) is 13.7. The molecule has 1 atom stereocenters. The van der Waals surface area contributed by atoms with Crippen molar-refractivity contribution in [2.45, 2.75) is 63.0 Å². The molecule has 5 nitrogen and oxygen atoms in total. The lowest BCUT2D eigenvalue weighted by Gasteiger charge is -2.34. The van der Waals surface area contributed by atoms with Gasteiger partial charge in [0, 0.05) is 6.42 Å². The van der Waals surface area contributed by atoms with Crippen molar-refractivity contribution in [3.63, 3.8) is 0 Å². The number of rotatable bonds is 5. The summed E-state index contributed by atoms with van der Waals surface area (Å²) in [6.07, 6.45) is 8.47. The molecule has 1 aliphatic carbocycles. The zero-order valence-corrected chi connectivity index (χ0v) is 13.0. The van der Waals surface area contributed by atoms with Crippen LogP contribution in [0.5, 0.6) is 0 Å². The predicted molar refractivity (Wildman–Crippen MR) is 80.2 cm³/mol. The van der Waals surface area contributed by atoms with Gasteiger partial charge >= 0.3 is 5.97 Å². The Bertz CT molecular complexity index is 491. The first-order valence-corrected chi connectivity index (χ1v) is 8.88. The van der Waals surface area contributed by atoms with Crippen LogP contribution in [-0.2, 0) is 11.2 Å². The minimum Gasteiger partial charge on any atom is -0.481 e. The van der Waals surface area contributed by atoms with Crippen LogP contribution < -0.4 is 0 Å². The normalized spacial score (nSPS) is 25.0. The van der Waals surface area contributed by atoms with Gasteiger partial charge in [-0.15, -0.1) is 0 Å². The van der Waals surface area contributed by atoms with Gasteiger partial charge in [-0.2, -0.15) is 16.7 Å². The minimum absolute atomic E-state index is 0.184. The molecular weight excluding hydrogens is 288 g/mol. The van der Waals surface area contributed by atoms with Crippen LogP contribution in [-0.4, -0.2) is 27.0 Å². The lowest BCUT2D eigenvalue weighted by molar-refractivity contribution is -0.140. The number of carbonyl (C=O) groups is 1. The first-order chi connectivity index (χ1) is 10.2. The lowest BCUT2D eigenvalue weighted by Crippen LogP contribution is -2.30. The van der Waals surface area contributed by atoms with E-state index in [1.54, 1.807) is 0 Å². The summed E-state index contributed by atoms with van der Waals surface area (Å²) in [6, 6.07) is 0. The Morgan fingerprint density at radius 2 is 2.14 bits per heavy atom. The number of nitrogens with zero attached hydrogens (tertiary/aromatic N) is 2. The molecule has 1 unspecified atom stereocenters. The highest BCUT2D eigenvalue weighted by molar-refractivity contribution is 7.99. The second-order valence-corrected chi connectivity index (χ2v) is 7.67. The maximum atomic E-state index is 11.2. The van der Waals surface area contributed by atoms with Gasteiger partial charge in [0.05, 0.1) is 11.7 Å². The second-order valence-electron chi connectivity index (χ2n) is 6.36. The zero-order valence-electron chi connectivity index (χ0n) is 12.2. The largest absolute Gasteiger partial charge is 0.481 e. The summed E-state index contributed by atoms with van der Waals surface area (Å²) >= 11 is 1.89. The van der Waals surface area contributed by atoms with Crippen LogP contribution in [0.15, 0.2) is 4.52 Å². The van der Waals surface area contributed by atoms with Gasteiger partial charge in [0.1, 0.15) is 0 Å². The third-order valence-corrected chi connectivity index (χ3v) is 6.04. The van der Waals surface area contributed by atoms with Crippen LogP contribution in [0.25, 0.3) is 0 Å². The molecule has 2 heterocycles. The Morgan fingerprint density at radius 3 is 2.81 bits per heavy atom. The number of aliphatic carboxylic acids is 1. The molecule has 0 amide bonds. The molecule has 0 radical (unpaired) electrons. The van der Waals surface area contributed by atoms with Crippen LogP contribution >= 0.6 is 11.8 Å². The molecule has 3 rings (SSSR count). The number of carboxylic acid groups (broad SMARTS) is 1. The fourth-order valence-corrected chi connectivity index (χ4v) is 4.81. The van der Waals surface area contributed by atoms with Crippen LogP contribution in [0.2, 0.25) is 0 Å². The third kappa shape index (κ3) is 3.59. The minimum atomic E-state index is -0.719. The molecule has 1 N–H and O–H groups in total. The Kier molecular flexibility index (Phi) is 4.52. The number of carboxylic acids is 1. The fraction of sp³-hybridized carbons (Fsp3) is 0.800. The van der Waals surface area contributed by atoms with Gasteiger partial charge in [0.2, 0.25) is 5.89 Å². The first-order valence-electron chi connectivity index (χ1n) is 7.83. The molecule has 1 aromatic heterocycles. The smallest absolute Gasteiger partial charge is 0.303 e. The van der Waals surface area contributed by atoms with E-state index in [-0.39, 0.29) is 11.8 Å². The van der Waals surface area contributed by atoms with E-state index in [2.05, 4.69) is 10.1 Å². The van der Waals surface area contributed by atoms with Crippen molar-refractivity contribution in [3.8, 4) is 0 Å². The van der Waals surface area contributed by atoms with Crippen molar-refractivity contribution >= 4 is 17.7 Å². The van der Waals surface area contributed by atoms with E-state index >= 15 is 0 Å². The lowest BCUT2D eigenvalue weighted by atomic mass is 9.69. The fourth-order valence-electron chi connectivity index (χ4n) is 3.61. The van der Waals surface area contributed by atoms with Gasteiger partial charge in [-0.1, -0.05) is 24.4 Å². The van der Waals surface area contributed by atoms with Gasteiger partial charge in [-0.25, -0.2) is 0 Å². The average molecular weight is 310 g/mol. The highest BCUT2D eigenvalue weighted by Gasteiger charge is 2.36. The summed E-state index contributed by atoms with van der Waals surface area (Å²) in [5.74, 6) is 1.87. The van der Waals surface area contributed by atoms with Gasteiger partial charge in [0.25, 0.3) is 0 Å². The Hall–Kier alpha value is -1.04. The van der Waals surface area contributed by atoms with Crippen molar-refractivity contribution in [2.75, 3.05) is 5.75 Å². The molecule has 2 aliphatic rings. The first kappa shape index (κ1) is 14.9. The number of aromatic nitrogens is 2. The van der Waals surface area contributed by atoms with Gasteiger partial charge in [-0.3, -0.25) is 4.79 Å². The summed E-state index contributed by atoms with van der Waals surface area (Å²) in [6.45, 7) is 0. The summed E-state index contributed by atoms with van der Waals surface area (Å²) < 4.78 is 5.42. The Balaban J connectivity index is 1.71. The monoisotopic (exact) mass is 310 g/mol. The molecule has 21 heavy (non-hydrogen) atoms. The highest BCUT2D eigenvalue weighted by atomic mass is 32.2. The summed E-state index contributed by atoms with van der Waals surface area (Å²) in [7, 11) is 0. The molecule has 6 heteroatoms. The summed E-state index contributed by atoms with van der Waals surface area (Å²) in [5.41, 5.74) is -0.184. The van der Waals surface area contributed by atoms with E-state index in [0.717, 1.165) is 43.7 Å². The maximum absolute atomic E-state index is 11.2. The van der Waals surface area contributed by atoms with Crippen molar-refractivity contribution in [1.82, 2.24) is 10.1 Å². The number of hydrogen-bond acceptors (Lipinski definition) is 5. The molecule has 1 saturated carbocycles. The van der Waals surface area contributed by atoms with E-state index in [4.69, 9.17) is 4.52 Å². The number of hydrogen-bond donors (Lipinski definition) is 1. The van der Waals surface area contributed by atoms with Crippen molar-refractivity contribution in [1.29, 1.82) is 0 Å². The van der Waals surface area contributed by atoms with Crippen molar-refractivity contribution in [2.24, 2.45) is 5.41 Å². The molecule has 1 aromatic rings. The third-order valence-electron chi connectivity index (χ3n) is 4.67. The molecule has 1 saturated heterocycles. The Morgan fingerprint density at radius 1 is 1.33 bits per heavy atom. The van der Waals surface area contributed by atoms with E-state index < -0.39 is 5.97 Å². The second kappa shape index (κ2) is 6.38. The molecule has 2 fully saturated rings. The van der Waals surface area contributed by atoms with Crippen molar-refractivity contribution < 1.29 is 14.4 Å². The standard InChI is InChI=1S/C15H22N2O3S/c18-13(19)10-15(6-2-1-3-7-15)9-12-16-14(17-20-12)11-5-4-8-21-11/h11H,1-10H2,(H,18,19). The van der Waals surface area contributed by atoms with E-state index in [1.807, 2.05) is 11.8 Å². The topological polar surface area (TPSA) is 76.2 Å². The maximum Gasteiger partial charge on any atom is 0.303 e. The quantitative estimate of drug-likeness (QED) is 0.895. The van der Waals surface area contributed by atoms with Crippen molar-refractivity contribution in [3.05, 3.63) is 11.7 Å². The molecule has 0 aromatic carbocycles. The molecule has 1 aliphatic heterocycles. The average Bonchev–Trinajstić information content (AvgIpc) is 3.09. The van der Waals surface area contributed by atoms with Crippen LogP contribution in [0.4, 0.5) is 0 Å². The molecule has 116 valence electrons. The van der Waals surface area contributed by atoms with Crippen LogP contribution in [0, 0.1) is 5.41 Å². The SMILES string of the molecule is O=C(O)CC1(Cc2nc(C3CCCS3)no2)CCCCC1. The number of thioether (sulfide) groups is 1. The highest BCUT2D eigenvalue weighted by Crippen LogP contribution is 2.43. The van der Waals surface area contributed by atoms with E-state index in [9.17, 15) is 9.90 Å². The van der Waals surface area contributed by atoms with E-state index in [1.165, 1.54) is 12.8 Å². The van der Waals surface area contributed by atoms with Crippen LogP contribution in [0.1, 0.15) is 68.3 Å². The molecule has 0 bridgehead atoms. The van der Waals surface area contributed by atoms with Gasteiger partial charge in [0.15, 0.2) is 5.82 Å². The van der Waals surface area contributed by atoms with E-state index in [0.29, 0.717) is 17.6 Å². The van der Waals surface area contributed by atoms with Gasteiger partial charge in [-0.05, 0) is 36.9 Å². The molecular formula is C15H22N2O3S. The predicted octanol–water partition coefficient (Wildman–Crippen LogP) is 3.61. The van der Waals surface area contributed by atoms with Gasteiger partial charge < -0.3 is 9.63 Å². The van der Waals surface area contributed by atoms with Crippen LogP contribution in [0.3, 0.4) is 0 Å². The zero-order chi connectivity index (χ0) is 14.7. The summed E-state index contributed by atoms with van der Waals surface area (Å²) in [4.78, 5) is 15.8. The molecule has 0 spiro atoms. The Labute approximate surface area is 128 Å².